The molecule has 0 unspecified atom stereocenters. The summed E-state index contributed by atoms with van der Waals surface area (Å²) in [5.41, 5.74) is 1.40. The number of carbonyl (C=O) groups excluding carboxylic acids is 3. The average molecular weight is 350 g/mol. The Kier molecular flexibility index (Phi) is 4.89. The predicted octanol–water partition coefficient (Wildman–Crippen LogP) is 2.57. The largest absolute Gasteiger partial charge is 0.462 e. The van der Waals surface area contributed by atoms with Crippen molar-refractivity contribution in [2.24, 2.45) is 5.92 Å². The summed E-state index contributed by atoms with van der Waals surface area (Å²) in [6.45, 7) is 4.67. The third-order valence-electron chi connectivity index (χ3n) is 4.69. The van der Waals surface area contributed by atoms with Gasteiger partial charge < -0.3 is 15.0 Å². The van der Waals surface area contributed by atoms with E-state index in [1.54, 1.807) is 18.7 Å². The molecule has 0 bridgehead atoms. The lowest BCUT2D eigenvalue weighted by atomic mass is 9.85. The Balaban J connectivity index is 1.90. The fourth-order valence-electron chi connectivity index (χ4n) is 3.06. The first-order valence-electron chi connectivity index (χ1n) is 8.39. The van der Waals surface area contributed by atoms with Gasteiger partial charge in [0.15, 0.2) is 0 Å². The molecule has 2 amide bonds. The van der Waals surface area contributed by atoms with E-state index in [4.69, 9.17) is 4.74 Å². The second kappa shape index (κ2) is 6.93. The van der Waals surface area contributed by atoms with E-state index >= 15 is 0 Å². The highest BCUT2D eigenvalue weighted by Crippen LogP contribution is 2.38. The Bertz CT molecular complexity index is 678. The van der Waals surface area contributed by atoms with E-state index in [2.05, 4.69) is 5.32 Å². The summed E-state index contributed by atoms with van der Waals surface area (Å²) in [7, 11) is 0. The molecule has 0 saturated heterocycles. The molecule has 24 heavy (non-hydrogen) atoms. The quantitative estimate of drug-likeness (QED) is 0.847. The van der Waals surface area contributed by atoms with E-state index in [0.717, 1.165) is 29.7 Å². The number of amides is 2. The molecule has 1 aliphatic carbocycles. The van der Waals surface area contributed by atoms with E-state index < -0.39 is 5.97 Å². The van der Waals surface area contributed by atoms with Crippen LogP contribution in [0, 0.1) is 5.92 Å². The van der Waals surface area contributed by atoms with Gasteiger partial charge in [-0.05, 0) is 31.7 Å². The zero-order valence-electron chi connectivity index (χ0n) is 14.0. The topological polar surface area (TPSA) is 75.7 Å². The van der Waals surface area contributed by atoms with Crippen LogP contribution in [0.3, 0.4) is 0 Å². The third kappa shape index (κ3) is 3.17. The summed E-state index contributed by atoms with van der Waals surface area (Å²) in [5.74, 6) is -0.344. The van der Waals surface area contributed by atoms with Crippen molar-refractivity contribution in [2.75, 3.05) is 18.5 Å². The van der Waals surface area contributed by atoms with E-state index in [-0.39, 0.29) is 17.7 Å². The lowest BCUT2D eigenvalue weighted by Crippen LogP contribution is -2.34. The highest BCUT2D eigenvalue weighted by molar-refractivity contribution is 7.17. The molecule has 0 radical (unpaired) electrons. The van der Waals surface area contributed by atoms with Crippen molar-refractivity contribution in [2.45, 2.75) is 46.1 Å². The molecule has 130 valence electrons. The summed E-state index contributed by atoms with van der Waals surface area (Å²) >= 11 is 1.39. The van der Waals surface area contributed by atoms with Crippen LogP contribution in [0.2, 0.25) is 0 Å². The molecule has 0 atom stereocenters. The number of carbonyl (C=O) groups is 3. The maximum atomic E-state index is 12.4. The zero-order chi connectivity index (χ0) is 17.3. The van der Waals surface area contributed by atoms with E-state index in [0.29, 0.717) is 36.7 Å². The maximum absolute atomic E-state index is 12.4. The number of rotatable bonds is 4. The lowest BCUT2D eigenvalue weighted by Gasteiger charge is -2.25. The summed E-state index contributed by atoms with van der Waals surface area (Å²) in [6.07, 6.45) is 3.50. The minimum absolute atomic E-state index is 0.0196. The number of fused-ring (bicyclic) bond motifs is 1. The number of anilines is 1. The van der Waals surface area contributed by atoms with Crippen molar-refractivity contribution < 1.29 is 19.1 Å². The Hall–Kier alpha value is -1.89. The van der Waals surface area contributed by atoms with Gasteiger partial charge in [-0.2, -0.15) is 0 Å². The molecule has 3 rings (SSSR count). The number of hydrogen-bond donors (Lipinski definition) is 1. The molecule has 1 fully saturated rings. The van der Waals surface area contributed by atoms with E-state index in [9.17, 15) is 14.4 Å². The Labute approximate surface area is 145 Å². The van der Waals surface area contributed by atoms with Gasteiger partial charge in [-0.15, -0.1) is 11.3 Å². The minimum atomic E-state index is -0.393. The molecule has 0 spiro atoms. The first kappa shape index (κ1) is 17.0. The van der Waals surface area contributed by atoms with Crippen LogP contribution >= 0.6 is 11.3 Å². The molecule has 2 aliphatic rings. The minimum Gasteiger partial charge on any atom is -0.462 e. The second-order valence-corrected chi connectivity index (χ2v) is 7.34. The predicted molar refractivity (Wildman–Crippen MR) is 91.0 cm³/mol. The first-order chi connectivity index (χ1) is 11.5. The first-order valence-corrected chi connectivity index (χ1v) is 9.21. The maximum Gasteiger partial charge on any atom is 0.341 e. The SMILES string of the molecule is CCOC(=O)c1c(NC(=O)C2CCC2)sc2c1CCN(C(C)=O)C2. The zero-order valence-corrected chi connectivity index (χ0v) is 14.8. The molecule has 1 aromatic heterocycles. The number of esters is 1. The van der Waals surface area contributed by atoms with Crippen LogP contribution in [0.1, 0.15) is 53.9 Å². The number of thiophene rings is 1. The molecule has 1 saturated carbocycles. The fourth-order valence-corrected chi connectivity index (χ4v) is 4.32. The lowest BCUT2D eigenvalue weighted by molar-refractivity contribution is -0.129. The molecule has 1 aliphatic heterocycles. The van der Waals surface area contributed by atoms with Crippen LogP contribution in [0.4, 0.5) is 5.00 Å². The fraction of sp³-hybridized carbons (Fsp3) is 0.588. The van der Waals surface area contributed by atoms with Crippen molar-refractivity contribution in [3.63, 3.8) is 0 Å². The normalized spacial score (nSPS) is 17.0. The molecular weight excluding hydrogens is 328 g/mol. The smallest absolute Gasteiger partial charge is 0.341 e. The summed E-state index contributed by atoms with van der Waals surface area (Å²) in [4.78, 5) is 39.0. The Morgan fingerprint density at radius 1 is 1.33 bits per heavy atom. The molecule has 1 aromatic rings. The molecule has 7 heteroatoms. The molecule has 1 N–H and O–H groups in total. The second-order valence-electron chi connectivity index (χ2n) is 6.24. The van der Waals surface area contributed by atoms with Crippen molar-refractivity contribution in [3.05, 3.63) is 16.0 Å². The van der Waals surface area contributed by atoms with Crippen molar-refractivity contribution in [3.8, 4) is 0 Å². The van der Waals surface area contributed by atoms with Crippen LogP contribution in [0.15, 0.2) is 0 Å². The van der Waals surface area contributed by atoms with Crippen LogP contribution in [-0.2, 0) is 27.3 Å². The highest BCUT2D eigenvalue weighted by Gasteiger charge is 2.32. The van der Waals surface area contributed by atoms with Crippen LogP contribution in [0.5, 0.6) is 0 Å². The van der Waals surface area contributed by atoms with Gasteiger partial charge in [0.05, 0.1) is 18.7 Å². The van der Waals surface area contributed by atoms with E-state index in [1.807, 2.05) is 0 Å². The van der Waals surface area contributed by atoms with Crippen molar-refractivity contribution in [1.29, 1.82) is 0 Å². The van der Waals surface area contributed by atoms with Crippen LogP contribution in [0.25, 0.3) is 0 Å². The number of ether oxygens (including phenoxy) is 1. The standard InChI is InChI=1S/C17H22N2O4S/c1-3-23-17(22)14-12-7-8-19(10(2)20)9-13(12)24-16(14)18-15(21)11-5-4-6-11/h11H,3-9H2,1-2H3,(H,18,21). The van der Waals surface area contributed by atoms with Crippen LogP contribution in [-0.4, -0.2) is 35.8 Å². The van der Waals surface area contributed by atoms with Gasteiger partial charge in [0, 0.05) is 24.3 Å². The van der Waals surface area contributed by atoms with Crippen molar-refractivity contribution in [1.82, 2.24) is 4.90 Å². The van der Waals surface area contributed by atoms with Crippen LogP contribution < -0.4 is 5.32 Å². The van der Waals surface area contributed by atoms with E-state index in [1.165, 1.54) is 11.3 Å². The molecule has 2 heterocycles. The average Bonchev–Trinajstić information content (AvgIpc) is 2.82. The third-order valence-corrected chi connectivity index (χ3v) is 5.83. The van der Waals surface area contributed by atoms with Gasteiger partial charge in [-0.25, -0.2) is 4.79 Å². The van der Waals surface area contributed by atoms with Gasteiger partial charge in [0.2, 0.25) is 11.8 Å². The van der Waals surface area contributed by atoms with Crippen molar-refractivity contribution >= 4 is 34.1 Å². The number of hydrogen-bond acceptors (Lipinski definition) is 5. The van der Waals surface area contributed by atoms with Gasteiger partial charge in [0.1, 0.15) is 5.00 Å². The molecule has 6 nitrogen and oxygen atoms in total. The van der Waals surface area contributed by atoms with Gasteiger partial charge >= 0.3 is 5.97 Å². The Morgan fingerprint density at radius 2 is 2.08 bits per heavy atom. The molecule has 0 aromatic carbocycles. The monoisotopic (exact) mass is 350 g/mol. The van der Waals surface area contributed by atoms with Gasteiger partial charge in [0.25, 0.3) is 0 Å². The Morgan fingerprint density at radius 3 is 2.67 bits per heavy atom. The highest BCUT2D eigenvalue weighted by atomic mass is 32.1. The molecular formula is C17H22N2O4S. The van der Waals surface area contributed by atoms with Gasteiger partial charge in [-0.1, -0.05) is 6.42 Å². The summed E-state index contributed by atoms with van der Waals surface area (Å²) in [6, 6.07) is 0. The number of nitrogens with zero attached hydrogens (tertiary/aromatic N) is 1. The van der Waals surface area contributed by atoms with Gasteiger partial charge in [-0.3, -0.25) is 9.59 Å². The summed E-state index contributed by atoms with van der Waals surface area (Å²) in [5, 5.41) is 3.50. The summed E-state index contributed by atoms with van der Waals surface area (Å²) < 4.78 is 5.19. The number of nitrogens with one attached hydrogen (secondary N) is 1.